The van der Waals surface area contributed by atoms with Crippen LogP contribution in [0.5, 0.6) is 5.75 Å². The fourth-order valence-corrected chi connectivity index (χ4v) is 2.66. The van der Waals surface area contributed by atoms with Gasteiger partial charge in [-0.25, -0.2) is 0 Å². The molecule has 1 aliphatic carbocycles. The minimum absolute atomic E-state index is 0.0578. The van der Waals surface area contributed by atoms with Crippen LogP contribution in [0.4, 0.5) is 0 Å². The molecule has 1 atom stereocenters. The first-order chi connectivity index (χ1) is 9.10. The van der Waals surface area contributed by atoms with Crippen molar-refractivity contribution in [3.8, 4) is 5.75 Å². The molecule has 3 nitrogen and oxygen atoms in total. The zero-order valence-corrected chi connectivity index (χ0v) is 11.8. The van der Waals surface area contributed by atoms with E-state index in [0.29, 0.717) is 18.3 Å². The van der Waals surface area contributed by atoms with E-state index in [-0.39, 0.29) is 18.0 Å². The minimum atomic E-state index is -0.955. The van der Waals surface area contributed by atoms with Crippen molar-refractivity contribution in [1.29, 1.82) is 0 Å². The Balaban J connectivity index is 2.58. The van der Waals surface area contributed by atoms with E-state index in [1.165, 1.54) is 0 Å². The van der Waals surface area contributed by atoms with Crippen molar-refractivity contribution in [3.63, 3.8) is 0 Å². The van der Waals surface area contributed by atoms with E-state index in [1.54, 1.807) is 30.4 Å². The lowest BCUT2D eigenvalue weighted by Gasteiger charge is -2.30. The van der Waals surface area contributed by atoms with Crippen LogP contribution < -0.4 is 0 Å². The molecule has 0 saturated heterocycles. The smallest absolute Gasteiger partial charge is 0.154 e. The average Bonchev–Trinajstić information content (AvgIpc) is 2.42. The maximum Gasteiger partial charge on any atom is 0.154 e. The molecular weight excluding hydrogens is 308 g/mol. The normalized spacial score (nSPS) is 21.3. The van der Waals surface area contributed by atoms with Crippen LogP contribution in [0.25, 0.3) is 0 Å². The van der Waals surface area contributed by atoms with Gasteiger partial charge in [-0.3, -0.25) is 4.79 Å². The average molecular weight is 321 g/mol. The predicted molar refractivity (Wildman–Crippen MR) is 76.1 cm³/mol. The van der Waals surface area contributed by atoms with Crippen molar-refractivity contribution in [1.82, 2.24) is 0 Å². The molecule has 0 heterocycles. The number of hydrogen-bond acceptors (Lipinski definition) is 3. The molecule has 0 spiro atoms. The van der Waals surface area contributed by atoms with Gasteiger partial charge < -0.3 is 9.90 Å². The largest absolute Gasteiger partial charge is 0.508 e. The summed E-state index contributed by atoms with van der Waals surface area (Å²) in [7, 11) is 0. The quantitative estimate of drug-likeness (QED) is 0.685. The number of halogens is 1. The first-order valence-corrected chi connectivity index (χ1v) is 6.70. The Morgan fingerprint density at radius 3 is 2.84 bits per heavy atom. The Labute approximate surface area is 119 Å². The second kappa shape index (κ2) is 5.53. The molecule has 1 aliphatic rings. The summed E-state index contributed by atoms with van der Waals surface area (Å²) in [4.78, 5) is 23.0. The van der Waals surface area contributed by atoms with E-state index in [9.17, 15) is 14.7 Å². The monoisotopic (exact) mass is 320 g/mol. The van der Waals surface area contributed by atoms with Crippen LogP contribution in [-0.2, 0) is 15.0 Å². The van der Waals surface area contributed by atoms with E-state index in [1.807, 2.05) is 12.2 Å². The molecular formula is C15H13BrO3. The number of hydrogen-bond donors (Lipinski definition) is 1. The second-order valence-corrected chi connectivity index (χ2v) is 5.33. The summed E-state index contributed by atoms with van der Waals surface area (Å²) in [6.45, 7) is 0. The number of rotatable bonds is 4. The van der Waals surface area contributed by atoms with Crippen LogP contribution in [0.1, 0.15) is 18.4 Å². The van der Waals surface area contributed by atoms with E-state index < -0.39 is 5.41 Å². The third kappa shape index (κ3) is 2.54. The van der Waals surface area contributed by atoms with E-state index >= 15 is 0 Å². The molecule has 19 heavy (non-hydrogen) atoms. The molecule has 1 aromatic rings. The fourth-order valence-electron chi connectivity index (χ4n) is 2.30. The molecule has 0 aliphatic heterocycles. The number of aldehydes is 1. The summed E-state index contributed by atoms with van der Waals surface area (Å²) in [6.07, 6.45) is 8.12. The lowest BCUT2D eigenvalue weighted by atomic mass is 9.71. The first-order valence-electron chi connectivity index (χ1n) is 5.90. The van der Waals surface area contributed by atoms with Gasteiger partial charge in [0.25, 0.3) is 0 Å². The third-order valence-electron chi connectivity index (χ3n) is 3.27. The number of Topliss-reactive ketones (excluding diaryl/α,β-unsaturated/α-hetero) is 1. The zero-order valence-electron chi connectivity index (χ0n) is 10.2. The Morgan fingerprint density at radius 1 is 1.42 bits per heavy atom. The van der Waals surface area contributed by atoms with Crippen molar-refractivity contribution in [2.75, 3.05) is 0 Å². The number of carbonyl (C=O) groups excluding carboxylic acids is 2. The molecule has 1 unspecified atom stereocenters. The number of allylic oxidation sites excluding steroid dienone is 4. The standard InChI is InChI=1S/C15H13BrO3/c16-11-4-5-13(18)12(10-11)15(14(19)6-9-17)7-2-1-3-8-15/h1-5,7,9-10,18H,6,8H2. The van der Waals surface area contributed by atoms with Gasteiger partial charge in [-0.2, -0.15) is 0 Å². The van der Waals surface area contributed by atoms with Crippen molar-refractivity contribution in [2.24, 2.45) is 0 Å². The summed E-state index contributed by atoms with van der Waals surface area (Å²) < 4.78 is 0.779. The van der Waals surface area contributed by atoms with Crippen LogP contribution in [0, 0.1) is 0 Å². The van der Waals surface area contributed by atoms with Gasteiger partial charge in [0.05, 0.1) is 11.8 Å². The van der Waals surface area contributed by atoms with Crippen LogP contribution >= 0.6 is 15.9 Å². The molecule has 0 amide bonds. The van der Waals surface area contributed by atoms with Crippen molar-refractivity contribution in [3.05, 3.63) is 52.5 Å². The summed E-state index contributed by atoms with van der Waals surface area (Å²) in [6, 6.07) is 4.97. The summed E-state index contributed by atoms with van der Waals surface area (Å²) in [5, 5.41) is 10.1. The maximum atomic E-state index is 12.3. The lowest BCUT2D eigenvalue weighted by molar-refractivity contribution is -0.125. The molecule has 0 fully saturated rings. The fraction of sp³-hybridized carbons (Fsp3) is 0.200. The van der Waals surface area contributed by atoms with Gasteiger partial charge in [0.1, 0.15) is 12.0 Å². The number of carbonyl (C=O) groups is 2. The molecule has 1 aromatic carbocycles. The van der Waals surface area contributed by atoms with Crippen LogP contribution in [-0.4, -0.2) is 17.2 Å². The predicted octanol–water partition coefficient (Wildman–Crippen LogP) is 3.07. The van der Waals surface area contributed by atoms with Gasteiger partial charge in [-0.1, -0.05) is 40.2 Å². The Hall–Kier alpha value is -1.68. The van der Waals surface area contributed by atoms with Gasteiger partial charge in [0.15, 0.2) is 5.78 Å². The highest BCUT2D eigenvalue weighted by atomic mass is 79.9. The highest BCUT2D eigenvalue weighted by Crippen LogP contribution is 2.40. The highest BCUT2D eigenvalue weighted by Gasteiger charge is 2.38. The van der Waals surface area contributed by atoms with Gasteiger partial charge in [-0.15, -0.1) is 0 Å². The Morgan fingerprint density at radius 2 is 2.21 bits per heavy atom. The maximum absolute atomic E-state index is 12.3. The number of ketones is 1. The second-order valence-electron chi connectivity index (χ2n) is 4.42. The zero-order chi connectivity index (χ0) is 13.9. The first kappa shape index (κ1) is 13.7. The number of benzene rings is 1. The number of phenols is 1. The lowest BCUT2D eigenvalue weighted by Crippen LogP contribution is -2.34. The van der Waals surface area contributed by atoms with Crippen molar-refractivity contribution < 1.29 is 14.7 Å². The minimum Gasteiger partial charge on any atom is -0.508 e. The molecule has 4 heteroatoms. The highest BCUT2D eigenvalue weighted by molar-refractivity contribution is 9.10. The Kier molecular flexibility index (Phi) is 4.00. The SMILES string of the molecule is O=CCC(=O)C1(c2cc(Br)ccc2O)C=CC=CC1. The van der Waals surface area contributed by atoms with Gasteiger partial charge >= 0.3 is 0 Å². The summed E-state index contributed by atoms with van der Waals surface area (Å²) in [5.41, 5.74) is -0.432. The summed E-state index contributed by atoms with van der Waals surface area (Å²) >= 11 is 3.34. The summed E-state index contributed by atoms with van der Waals surface area (Å²) in [5.74, 6) is -0.154. The van der Waals surface area contributed by atoms with E-state index in [0.717, 1.165) is 4.47 Å². The molecule has 0 aromatic heterocycles. The molecule has 0 saturated carbocycles. The molecule has 0 bridgehead atoms. The van der Waals surface area contributed by atoms with E-state index in [2.05, 4.69) is 15.9 Å². The molecule has 0 radical (unpaired) electrons. The molecule has 98 valence electrons. The molecule has 1 N–H and O–H groups in total. The topological polar surface area (TPSA) is 54.4 Å². The van der Waals surface area contributed by atoms with Crippen molar-refractivity contribution in [2.45, 2.75) is 18.3 Å². The van der Waals surface area contributed by atoms with Crippen molar-refractivity contribution >= 4 is 28.0 Å². The van der Waals surface area contributed by atoms with Crippen LogP contribution in [0.3, 0.4) is 0 Å². The van der Waals surface area contributed by atoms with Gasteiger partial charge in [-0.05, 0) is 24.6 Å². The van der Waals surface area contributed by atoms with E-state index in [4.69, 9.17) is 0 Å². The van der Waals surface area contributed by atoms with Gasteiger partial charge in [0, 0.05) is 10.0 Å². The van der Waals surface area contributed by atoms with Crippen LogP contribution in [0.15, 0.2) is 47.0 Å². The molecule has 2 rings (SSSR count). The van der Waals surface area contributed by atoms with Crippen LogP contribution in [0.2, 0.25) is 0 Å². The number of phenolic OH excluding ortho intramolecular Hbond substituents is 1. The third-order valence-corrected chi connectivity index (χ3v) is 3.77. The Bertz CT molecular complexity index is 575. The van der Waals surface area contributed by atoms with Gasteiger partial charge in [0.2, 0.25) is 0 Å². The number of aromatic hydroxyl groups is 1.